The number of nitrogens with zero attached hydrogens (tertiary/aromatic N) is 1. The highest BCUT2D eigenvalue weighted by Crippen LogP contribution is 2.20. The van der Waals surface area contributed by atoms with Crippen molar-refractivity contribution in [1.82, 2.24) is 5.32 Å². The third-order valence-corrected chi connectivity index (χ3v) is 3.22. The van der Waals surface area contributed by atoms with Gasteiger partial charge in [-0.15, -0.1) is 0 Å². The number of rotatable bonds is 6. The molecule has 19 heavy (non-hydrogen) atoms. The Kier molecular flexibility index (Phi) is 5.43. The summed E-state index contributed by atoms with van der Waals surface area (Å²) >= 11 is 0. The number of nitro groups is 1. The highest BCUT2D eigenvalue weighted by molar-refractivity contribution is 7.84. The summed E-state index contributed by atoms with van der Waals surface area (Å²) < 4.78 is 10.8. The van der Waals surface area contributed by atoms with Crippen molar-refractivity contribution >= 4 is 28.1 Å². The third kappa shape index (κ3) is 4.66. The molecule has 0 bridgehead atoms. The molecule has 0 aromatic heterocycles. The molecular formula is C11H15N3O4S. The van der Waals surface area contributed by atoms with Crippen LogP contribution in [0.2, 0.25) is 0 Å². The van der Waals surface area contributed by atoms with Crippen LogP contribution in [-0.4, -0.2) is 33.6 Å². The number of nitro benzene ring substituents is 1. The van der Waals surface area contributed by atoms with Crippen LogP contribution in [0.5, 0.6) is 0 Å². The molecule has 0 radical (unpaired) electrons. The van der Waals surface area contributed by atoms with Crippen LogP contribution >= 0.6 is 0 Å². The molecule has 104 valence electrons. The monoisotopic (exact) mass is 285 g/mol. The Morgan fingerprint density at radius 1 is 1.53 bits per heavy atom. The quantitative estimate of drug-likeness (QED) is 0.345. The lowest BCUT2D eigenvalue weighted by atomic mass is 10.1. The standard InChI is InChI=1S/C11H15N3O4S/c1-19(18)6-2-5-13-11(15)9-7-8(12)3-4-10(9)14(16)17/h3-4,7H,2,5-6,12H2,1H3,(H,13,15). The Morgan fingerprint density at radius 3 is 2.79 bits per heavy atom. The number of carbonyl (C=O) groups is 1. The van der Waals surface area contributed by atoms with Gasteiger partial charge in [-0.25, -0.2) is 0 Å². The summed E-state index contributed by atoms with van der Waals surface area (Å²) in [6, 6.07) is 3.84. The fourth-order valence-electron chi connectivity index (χ4n) is 1.47. The van der Waals surface area contributed by atoms with Gasteiger partial charge in [-0.2, -0.15) is 0 Å². The number of nitrogen functional groups attached to an aromatic ring is 1. The first-order valence-electron chi connectivity index (χ1n) is 5.54. The Bertz CT molecular complexity index is 519. The normalized spacial score (nSPS) is 11.8. The van der Waals surface area contributed by atoms with Gasteiger partial charge >= 0.3 is 0 Å². The molecule has 0 aliphatic heterocycles. The Hall–Kier alpha value is -1.96. The van der Waals surface area contributed by atoms with E-state index in [1.165, 1.54) is 18.2 Å². The molecule has 0 aliphatic rings. The van der Waals surface area contributed by atoms with E-state index in [-0.39, 0.29) is 16.9 Å². The number of hydrogen-bond acceptors (Lipinski definition) is 5. The van der Waals surface area contributed by atoms with E-state index in [1.807, 2.05) is 0 Å². The zero-order valence-corrected chi connectivity index (χ0v) is 11.2. The van der Waals surface area contributed by atoms with Crippen LogP contribution in [0.1, 0.15) is 16.8 Å². The average molecular weight is 285 g/mol. The van der Waals surface area contributed by atoms with E-state index < -0.39 is 21.6 Å². The van der Waals surface area contributed by atoms with Crippen molar-refractivity contribution in [2.45, 2.75) is 6.42 Å². The summed E-state index contributed by atoms with van der Waals surface area (Å²) in [7, 11) is -0.920. The van der Waals surface area contributed by atoms with Crippen LogP contribution < -0.4 is 11.1 Å². The van der Waals surface area contributed by atoms with Crippen LogP contribution in [0.4, 0.5) is 11.4 Å². The topological polar surface area (TPSA) is 115 Å². The van der Waals surface area contributed by atoms with Gasteiger partial charge in [-0.1, -0.05) is 0 Å². The lowest BCUT2D eigenvalue weighted by molar-refractivity contribution is -0.385. The van der Waals surface area contributed by atoms with Crippen molar-refractivity contribution in [1.29, 1.82) is 0 Å². The molecular weight excluding hydrogens is 270 g/mol. The molecule has 8 heteroatoms. The highest BCUT2D eigenvalue weighted by atomic mass is 32.2. The molecule has 7 nitrogen and oxygen atoms in total. The van der Waals surface area contributed by atoms with Crippen molar-refractivity contribution in [2.75, 3.05) is 24.3 Å². The maximum absolute atomic E-state index is 11.8. The summed E-state index contributed by atoms with van der Waals surface area (Å²) in [5.41, 5.74) is 5.45. The second-order valence-corrected chi connectivity index (χ2v) is 5.48. The van der Waals surface area contributed by atoms with E-state index >= 15 is 0 Å². The van der Waals surface area contributed by atoms with E-state index in [4.69, 9.17) is 5.73 Å². The minimum absolute atomic E-state index is 0.0670. The molecule has 1 unspecified atom stereocenters. The molecule has 0 saturated carbocycles. The van der Waals surface area contributed by atoms with Crippen molar-refractivity contribution in [3.05, 3.63) is 33.9 Å². The molecule has 1 rings (SSSR count). The van der Waals surface area contributed by atoms with Gasteiger partial charge in [0.15, 0.2) is 0 Å². The number of nitrogens with one attached hydrogen (secondary N) is 1. The molecule has 0 spiro atoms. The van der Waals surface area contributed by atoms with Crippen LogP contribution in [0.25, 0.3) is 0 Å². The van der Waals surface area contributed by atoms with E-state index in [0.29, 0.717) is 18.7 Å². The number of nitrogens with two attached hydrogens (primary N) is 1. The van der Waals surface area contributed by atoms with Crippen LogP contribution in [0.3, 0.4) is 0 Å². The smallest absolute Gasteiger partial charge is 0.282 e. The largest absolute Gasteiger partial charge is 0.399 e. The number of benzene rings is 1. The first-order chi connectivity index (χ1) is 8.91. The fraction of sp³-hybridized carbons (Fsp3) is 0.364. The maximum atomic E-state index is 11.8. The molecule has 0 heterocycles. The molecule has 1 aromatic rings. The molecule has 3 N–H and O–H groups in total. The summed E-state index contributed by atoms with van der Waals surface area (Å²) in [6.07, 6.45) is 2.12. The second-order valence-electron chi connectivity index (χ2n) is 3.92. The zero-order valence-electron chi connectivity index (χ0n) is 10.4. The van der Waals surface area contributed by atoms with Gasteiger partial charge < -0.3 is 11.1 Å². The Balaban J connectivity index is 2.73. The predicted octanol–water partition coefficient (Wildman–Crippen LogP) is 0.675. The number of hydrogen-bond donors (Lipinski definition) is 2. The lowest BCUT2D eigenvalue weighted by Gasteiger charge is -2.06. The molecule has 0 fully saturated rings. The van der Waals surface area contributed by atoms with Gasteiger partial charge in [-0.3, -0.25) is 19.1 Å². The van der Waals surface area contributed by atoms with E-state index in [0.717, 1.165) is 0 Å². The van der Waals surface area contributed by atoms with Gasteiger partial charge in [-0.05, 0) is 18.6 Å². The van der Waals surface area contributed by atoms with E-state index in [1.54, 1.807) is 6.26 Å². The van der Waals surface area contributed by atoms with Crippen molar-refractivity contribution in [3.8, 4) is 0 Å². The fourth-order valence-corrected chi connectivity index (χ4v) is 2.02. The summed E-state index contributed by atoms with van der Waals surface area (Å²) in [4.78, 5) is 22.0. The molecule has 1 aromatic carbocycles. The molecule has 1 amide bonds. The second kappa shape index (κ2) is 6.83. The van der Waals surface area contributed by atoms with Crippen LogP contribution in [-0.2, 0) is 10.8 Å². The number of anilines is 1. The summed E-state index contributed by atoms with van der Waals surface area (Å²) in [5.74, 6) is -0.0832. The maximum Gasteiger partial charge on any atom is 0.282 e. The minimum atomic E-state index is -0.920. The third-order valence-electron chi connectivity index (χ3n) is 2.36. The average Bonchev–Trinajstić information content (AvgIpc) is 2.33. The Morgan fingerprint density at radius 2 is 2.21 bits per heavy atom. The number of carbonyl (C=O) groups excluding carboxylic acids is 1. The first kappa shape index (κ1) is 15.1. The summed E-state index contributed by atoms with van der Waals surface area (Å²) in [6.45, 7) is 0.310. The minimum Gasteiger partial charge on any atom is -0.399 e. The SMILES string of the molecule is CS(=O)CCCNC(=O)c1cc(N)ccc1[N+](=O)[O-]. The molecule has 0 saturated heterocycles. The van der Waals surface area contributed by atoms with Gasteiger partial charge in [0.1, 0.15) is 5.56 Å². The van der Waals surface area contributed by atoms with Gasteiger partial charge in [0.2, 0.25) is 0 Å². The predicted molar refractivity (Wildman–Crippen MR) is 73.4 cm³/mol. The first-order valence-corrected chi connectivity index (χ1v) is 7.26. The zero-order chi connectivity index (χ0) is 14.4. The molecule has 1 atom stereocenters. The van der Waals surface area contributed by atoms with Gasteiger partial charge in [0, 0.05) is 41.1 Å². The number of amides is 1. The summed E-state index contributed by atoms with van der Waals surface area (Å²) in [5, 5.41) is 13.3. The van der Waals surface area contributed by atoms with Crippen LogP contribution in [0.15, 0.2) is 18.2 Å². The van der Waals surface area contributed by atoms with Crippen molar-refractivity contribution in [2.24, 2.45) is 0 Å². The van der Waals surface area contributed by atoms with Gasteiger partial charge in [0.05, 0.1) is 4.92 Å². The van der Waals surface area contributed by atoms with Gasteiger partial charge in [0.25, 0.3) is 11.6 Å². The highest BCUT2D eigenvalue weighted by Gasteiger charge is 2.19. The van der Waals surface area contributed by atoms with Crippen molar-refractivity contribution < 1.29 is 13.9 Å². The molecule has 0 aliphatic carbocycles. The van der Waals surface area contributed by atoms with Crippen molar-refractivity contribution in [3.63, 3.8) is 0 Å². The lowest BCUT2D eigenvalue weighted by Crippen LogP contribution is -2.26. The van der Waals surface area contributed by atoms with E-state index in [9.17, 15) is 19.1 Å². The van der Waals surface area contributed by atoms with Crippen LogP contribution in [0, 0.1) is 10.1 Å². The van der Waals surface area contributed by atoms with E-state index in [2.05, 4.69) is 5.32 Å². The Labute approximate surface area is 112 Å².